The van der Waals surface area contributed by atoms with Gasteiger partial charge in [0.2, 0.25) is 0 Å². The van der Waals surface area contributed by atoms with Crippen LogP contribution >= 0.6 is 0 Å². The summed E-state index contributed by atoms with van der Waals surface area (Å²) in [5.74, 6) is 0.979. The molecule has 18 heavy (non-hydrogen) atoms. The number of nitrogens with one attached hydrogen (secondary N) is 1. The van der Waals surface area contributed by atoms with Crippen molar-refractivity contribution in [3.63, 3.8) is 0 Å². The van der Waals surface area contributed by atoms with E-state index in [0.29, 0.717) is 12.7 Å². The lowest BCUT2D eigenvalue weighted by Gasteiger charge is -2.19. The number of para-hydroxylation sites is 1. The molecule has 1 heterocycles. The summed E-state index contributed by atoms with van der Waals surface area (Å²) in [6.07, 6.45) is 2.75. The molecule has 3 nitrogen and oxygen atoms in total. The van der Waals surface area contributed by atoms with E-state index >= 15 is 0 Å². The predicted molar refractivity (Wildman–Crippen MR) is 73.0 cm³/mol. The first-order chi connectivity index (χ1) is 8.81. The number of hydrogen-bond donors (Lipinski definition) is 1. The molecule has 2 rings (SSSR count). The summed E-state index contributed by atoms with van der Waals surface area (Å²) in [6, 6.07) is 8.52. The Morgan fingerprint density at radius 2 is 2.28 bits per heavy atom. The number of rotatable bonds is 6. The molecule has 1 aromatic carbocycles. The van der Waals surface area contributed by atoms with E-state index in [0.717, 1.165) is 18.9 Å². The molecule has 0 aromatic heterocycles. The van der Waals surface area contributed by atoms with Gasteiger partial charge in [0.1, 0.15) is 5.75 Å². The summed E-state index contributed by atoms with van der Waals surface area (Å²) >= 11 is 0. The zero-order valence-corrected chi connectivity index (χ0v) is 11.3. The van der Waals surface area contributed by atoms with Gasteiger partial charge in [-0.15, -0.1) is 0 Å². The average molecular weight is 249 g/mol. The zero-order valence-electron chi connectivity index (χ0n) is 11.3. The Morgan fingerprint density at radius 3 is 3.00 bits per heavy atom. The SMILES string of the molecule is CCOc1ccccc1[C@H](C)NC[C@@H]1CCCO1. The summed E-state index contributed by atoms with van der Waals surface area (Å²) < 4.78 is 11.3. The van der Waals surface area contributed by atoms with Crippen molar-refractivity contribution >= 4 is 0 Å². The summed E-state index contributed by atoms with van der Waals surface area (Å²) in [5.41, 5.74) is 1.22. The maximum absolute atomic E-state index is 5.66. The van der Waals surface area contributed by atoms with Gasteiger partial charge in [-0.1, -0.05) is 18.2 Å². The molecule has 1 aliphatic rings. The Bertz CT molecular complexity index is 361. The van der Waals surface area contributed by atoms with Crippen molar-refractivity contribution in [2.45, 2.75) is 38.8 Å². The summed E-state index contributed by atoms with van der Waals surface area (Å²) in [6.45, 7) is 6.72. The molecule has 0 aliphatic carbocycles. The van der Waals surface area contributed by atoms with Crippen molar-refractivity contribution in [2.75, 3.05) is 19.8 Å². The Balaban J connectivity index is 1.92. The van der Waals surface area contributed by atoms with Crippen LogP contribution in [0.4, 0.5) is 0 Å². The molecular formula is C15H23NO2. The number of hydrogen-bond acceptors (Lipinski definition) is 3. The van der Waals surface area contributed by atoms with Crippen LogP contribution in [-0.4, -0.2) is 25.9 Å². The first-order valence-corrected chi connectivity index (χ1v) is 6.88. The molecule has 0 saturated carbocycles. The molecule has 1 fully saturated rings. The lowest BCUT2D eigenvalue weighted by molar-refractivity contribution is 0.108. The number of ether oxygens (including phenoxy) is 2. The molecule has 0 radical (unpaired) electrons. The van der Waals surface area contributed by atoms with Crippen molar-refractivity contribution < 1.29 is 9.47 Å². The van der Waals surface area contributed by atoms with Crippen LogP contribution in [0.15, 0.2) is 24.3 Å². The third kappa shape index (κ3) is 3.47. The topological polar surface area (TPSA) is 30.5 Å². The van der Waals surface area contributed by atoms with Crippen LogP contribution < -0.4 is 10.1 Å². The predicted octanol–water partition coefficient (Wildman–Crippen LogP) is 2.91. The molecule has 100 valence electrons. The minimum atomic E-state index is 0.289. The highest BCUT2D eigenvalue weighted by molar-refractivity contribution is 5.35. The van der Waals surface area contributed by atoms with Crippen LogP contribution in [0.1, 0.15) is 38.3 Å². The molecule has 0 amide bonds. The fourth-order valence-electron chi connectivity index (χ4n) is 2.35. The van der Waals surface area contributed by atoms with Gasteiger partial charge >= 0.3 is 0 Å². The molecule has 0 bridgehead atoms. The molecule has 0 unspecified atom stereocenters. The zero-order chi connectivity index (χ0) is 12.8. The van der Waals surface area contributed by atoms with Gasteiger partial charge in [-0.25, -0.2) is 0 Å². The molecule has 0 spiro atoms. The fourth-order valence-corrected chi connectivity index (χ4v) is 2.35. The van der Waals surface area contributed by atoms with Gasteiger partial charge < -0.3 is 14.8 Å². The van der Waals surface area contributed by atoms with Crippen LogP contribution in [0, 0.1) is 0 Å². The van der Waals surface area contributed by atoms with E-state index in [1.807, 2.05) is 19.1 Å². The quantitative estimate of drug-likeness (QED) is 0.841. The molecule has 1 aliphatic heterocycles. The van der Waals surface area contributed by atoms with Crippen molar-refractivity contribution in [3.05, 3.63) is 29.8 Å². The van der Waals surface area contributed by atoms with Gasteiger partial charge in [-0.2, -0.15) is 0 Å². The molecule has 1 aromatic rings. The Morgan fingerprint density at radius 1 is 1.44 bits per heavy atom. The average Bonchev–Trinajstić information content (AvgIpc) is 2.90. The molecule has 1 saturated heterocycles. The highest BCUT2D eigenvalue weighted by Gasteiger charge is 2.17. The maximum atomic E-state index is 5.66. The fraction of sp³-hybridized carbons (Fsp3) is 0.600. The van der Waals surface area contributed by atoms with Gasteiger partial charge in [-0.3, -0.25) is 0 Å². The molecule has 1 N–H and O–H groups in total. The standard InChI is InChI=1S/C15H23NO2/c1-3-17-15-9-5-4-8-14(15)12(2)16-11-13-7-6-10-18-13/h4-5,8-9,12-13,16H,3,6-7,10-11H2,1-2H3/t12-,13-/m0/s1. The maximum Gasteiger partial charge on any atom is 0.124 e. The summed E-state index contributed by atoms with van der Waals surface area (Å²) in [4.78, 5) is 0. The normalized spacial score (nSPS) is 20.9. The third-order valence-electron chi connectivity index (χ3n) is 3.36. The monoisotopic (exact) mass is 249 g/mol. The first-order valence-electron chi connectivity index (χ1n) is 6.88. The highest BCUT2D eigenvalue weighted by Crippen LogP contribution is 2.25. The van der Waals surface area contributed by atoms with E-state index in [9.17, 15) is 0 Å². The van der Waals surface area contributed by atoms with E-state index in [1.54, 1.807) is 0 Å². The highest BCUT2D eigenvalue weighted by atomic mass is 16.5. The second-order valence-corrected chi connectivity index (χ2v) is 4.74. The van der Waals surface area contributed by atoms with Crippen molar-refractivity contribution in [1.82, 2.24) is 5.32 Å². The Hall–Kier alpha value is -1.06. The van der Waals surface area contributed by atoms with Crippen LogP contribution in [0.3, 0.4) is 0 Å². The van der Waals surface area contributed by atoms with E-state index in [2.05, 4.69) is 24.4 Å². The first kappa shape index (κ1) is 13.4. The van der Waals surface area contributed by atoms with Gasteiger partial charge in [0.05, 0.1) is 12.7 Å². The van der Waals surface area contributed by atoms with E-state index in [-0.39, 0.29) is 6.04 Å². The second kappa shape index (κ2) is 6.76. The van der Waals surface area contributed by atoms with Gasteiger partial charge in [0.25, 0.3) is 0 Å². The minimum absolute atomic E-state index is 0.289. The minimum Gasteiger partial charge on any atom is -0.494 e. The van der Waals surface area contributed by atoms with Gasteiger partial charge in [-0.05, 0) is 32.8 Å². The molecular weight excluding hydrogens is 226 g/mol. The summed E-state index contributed by atoms with van der Waals surface area (Å²) in [7, 11) is 0. The number of benzene rings is 1. The molecule has 2 atom stereocenters. The van der Waals surface area contributed by atoms with E-state index in [1.165, 1.54) is 18.4 Å². The Labute approximate surface area is 109 Å². The van der Waals surface area contributed by atoms with Crippen LogP contribution in [0.25, 0.3) is 0 Å². The van der Waals surface area contributed by atoms with Gasteiger partial charge in [0.15, 0.2) is 0 Å². The summed E-state index contributed by atoms with van der Waals surface area (Å²) in [5, 5.41) is 3.53. The van der Waals surface area contributed by atoms with Gasteiger partial charge in [0, 0.05) is 24.8 Å². The van der Waals surface area contributed by atoms with E-state index in [4.69, 9.17) is 9.47 Å². The molecule has 3 heteroatoms. The van der Waals surface area contributed by atoms with Crippen LogP contribution in [-0.2, 0) is 4.74 Å². The van der Waals surface area contributed by atoms with Crippen molar-refractivity contribution in [1.29, 1.82) is 0 Å². The largest absolute Gasteiger partial charge is 0.494 e. The van der Waals surface area contributed by atoms with E-state index < -0.39 is 0 Å². The Kier molecular flexibility index (Phi) is 5.02. The lowest BCUT2D eigenvalue weighted by Crippen LogP contribution is -2.28. The van der Waals surface area contributed by atoms with Crippen LogP contribution in [0.5, 0.6) is 5.75 Å². The van der Waals surface area contributed by atoms with Crippen molar-refractivity contribution in [3.8, 4) is 5.75 Å². The smallest absolute Gasteiger partial charge is 0.124 e. The van der Waals surface area contributed by atoms with Crippen molar-refractivity contribution in [2.24, 2.45) is 0 Å². The van der Waals surface area contributed by atoms with Crippen LogP contribution in [0.2, 0.25) is 0 Å². The second-order valence-electron chi connectivity index (χ2n) is 4.74. The third-order valence-corrected chi connectivity index (χ3v) is 3.36. The lowest BCUT2D eigenvalue weighted by atomic mass is 10.1.